The Hall–Kier alpha value is -3.48. The second kappa shape index (κ2) is 10.0. The summed E-state index contributed by atoms with van der Waals surface area (Å²) in [6, 6.07) is 15.9. The lowest BCUT2D eigenvalue weighted by molar-refractivity contribution is -0.122. The fourth-order valence-corrected chi connectivity index (χ4v) is 3.28. The summed E-state index contributed by atoms with van der Waals surface area (Å²) in [5.41, 5.74) is 2.46. The first-order valence-electron chi connectivity index (χ1n) is 10.3. The van der Waals surface area contributed by atoms with E-state index in [0.717, 1.165) is 12.8 Å². The summed E-state index contributed by atoms with van der Waals surface area (Å²) in [4.78, 5) is 29.5. The fraction of sp³-hybridized carbons (Fsp3) is 0.292. The third kappa shape index (κ3) is 6.25. The molecule has 2 aromatic carbocycles. The fourth-order valence-electron chi connectivity index (χ4n) is 3.28. The predicted molar refractivity (Wildman–Crippen MR) is 120 cm³/mol. The van der Waals surface area contributed by atoms with E-state index in [0.29, 0.717) is 16.9 Å². The van der Waals surface area contributed by atoms with Crippen LogP contribution in [-0.4, -0.2) is 21.5 Å². The molecule has 1 aromatic heterocycles. The van der Waals surface area contributed by atoms with Crippen LogP contribution in [-0.2, 0) is 17.8 Å². The van der Waals surface area contributed by atoms with Crippen molar-refractivity contribution in [1.29, 1.82) is 0 Å². The maximum atomic E-state index is 13.6. The van der Waals surface area contributed by atoms with Crippen LogP contribution in [0.1, 0.15) is 30.2 Å². The van der Waals surface area contributed by atoms with E-state index >= 15 is 0 Å². The smallest absolute Gasteiger partial charge is 0.255 e. The van der Waals surface area contributed by atoms with Crippen molar-refractivity contribution in [3.63, 3.8) is 0 Å². The summed E-state index contributed by atoms with van der Waals surface area (Å²) in [6.07, 6.45) is 1.64. The molecule has 0 saturated heterocycles. The van der Waals surface area contributed by atoms with Crippen molar-refractivity contribution in [2.24, 2.45) is 0 Å². The average Bonchev–Trinajstić information content (AvgIpc) is 2.72. The van der Waals surface area contributed by atoms with Crippen LogP contribution in [0.4, 0.5) is 16.0 Å². The number of aromatic nitrogens is 2. The van der Waals surface area contributed by atoms with Gasteiger partial charge in [-0.1, -0.05) is 30.3 Å². The molecule has 3 aromatic rings. The monoisotopic (exact) mass is 422 g/mol. The Labute approximate surface area is 181 Å². The third-order valence-electron chi connectivity index (χ3n) is 4.97. The van der Waals surface area contributed by atoms with Crippen molar-refractivity contribution in [1.82, 2.24) is 14.9 Å². The average molecular weight is 423 g/mol. The molecule has 2 N–H and O–H groups in total. The molecule has 0 aliphatic carbocycles. The number of nitrogens with zero attached hydrogens (tertiary/aromatic N) is 2. The van der Waals surface area contributed by atoms with E-state index < -0.39 is 0 Å². The molecule has 1 heterocycles. The standard InChI is InChI=1S/C24H27FN4O2/c1-16-13-20(11-12-21(16)25)28-24-27-18(3)14-23(31)29(24)15-22(30)26-17(2)9-10-19-7-5-4-6-8-19/h4-8,11-14,17H,9-10,15H2,1-3H3,(H,26,30)(H,27,28). The first kappa shape index (κ1) is 22.2. The van der Waals surface area contributed by atoms with Gasteiger partial charge in [0.15, 0.2) is 0 Å². The van der Waals surface area contributed by atoms with Crippen LogP contribution in [0, 0.1) is 19.7 Å². The van der Waals surface area contributed by atoms with E-state index in [1.165, 1.54) is 22.3 Å². The second-order valence-corrected chi connectivity index (χ2v) is 7.73. The van der Waals surface area contributed by atoms with Crippen LogP contribution < -0.4 is 16.2 Å². The SMILES string of the molecule is Cc1cc(=O)n(CC(=O)NC(C)CCc2ccccc2)c(Nc2ccc(F)c(C)c2)n1. The molecule has 0 saturated carbocycles. The highest BCUT2D eigenvalue weighted by Crippen LogP contribution is 2.17. The van der Waals surface area contributed by atoms with E-state index in [-0.39, 0.29) is 35.8 Å². The van der Waals surface area contributed by atoms with Gasteiger partial charge in [0.2, 0.25) is 11.9 Å². The Kier molecular flexibility index (Phi) is 7.18. The molecule has 1 atom stereocenters. The molecule has 0 radical (unpaired) electrons. The molecule has 0 aliphatic rings. The summed E-state index contributed by atoms with van der Waals surface area (Å²) >= 11 is 0. The molecule has 0 bridgehead atoms. The van der Waals surface area contributed by atoms with E-state index in [4.69, 9.17) is 0 Å². The Bertz CT molecular complexity index is 1110. The van der Waals surface area contributed by atoms with Gasteiger partial charge in [0.25, 0.3) is 5.56 Å². The van der Waals surface area contributed by atoms with Crippen LogP contribution >= 0.6 is 0 Å². The van der Waals surface area contributed by atoms with E-state index in [1.807, 2.05) is 25.1 Å². The summed E-state index contributed by atoms with van der Waals surface area (Å²) in [5.74, 6) is -0.348. The van der Waals surface area contributed by atoms with Crippen LogP contribution in [0.15, 0.2) is 59.4 Å². The van der Waals surface area contributed by atoms with E-state index in [1.54, 1.807) is 26.0 Å². The minimum Gasteiger partial charge on any atom is -0.352 e. The highest BCUT2D eigenvalue weighted by atomic mass is 19.1. The van der Waals surface area contributed by atoms with E-state index in [9.17, 15) is 14.0 Å². The molecule has 1 unspecified atom stereocenters. The van der Waals surface area contributed by atoms with Crippen LogP contribution in [0.3, 0.4) is 0 Å². The highest BCUT2D eigenvalue weighted by molar-refractivity contribution is 5.76. The number of halogens is 1. The van der Waals surface area contributed by atoms with Crippen molar-refractivity contribution in [3.8, 4) is 0 Å². The number of rotatable bonds is 8. The number of carbonyl (C=O) groups excluding carboxylic acids is 1. The highest BCUT2D eigenvalue weighted by Gasteiger charge is 2.14. The van der Waals surface area contributed by atoms with Gasteiger partial charge in [-0.15, -0.1) is 0 Å². The molecule has 6 nitrogen and oxygen atoms in total. The molecule has 7 heteroatoms. The zero-order valence-electron chi connectivity index (χ0n) is 18.0. The Balaban J connectivity index is 1.69. The van der Waals surface area contributed by atoms with E-state index in [2.05, 4.69) is 27.8 Å². The maximum absolute atomic E-state index is 13.6. The molecule has 31 heavy (non-hydrogen) atoms. The van der Waals surface area contributed by atoms with Gasteiger partial charge in [0, 0.05) is 23.5 Å². The first-order valence-corrected chi connectivity index (χ1v) is 10.3. The van der Waals surface area contributed by atoms with Gasteiger partial charge in [0.05, 0.1) is 0 Å². The summed E-state index contributed by atoms with van der Waals surface area (Å²) in [5, 5.41) is 5.98. The Morgan fingerprint density at radius 1 is 1.13 bits per heavy atom. The molecule has 0 aliphatic heterocycles. The largest absolute Gasteiger partial charge is 0.352 e. The number of nitrogens with one attached hydrogen (secondary N) is 2. The van der Waals surface area contributed by atoms with Gasteiger partial charge >= 0.3 is 0 Å². The Morgan fingerprint density at radius 3 is 2.58 bits per heavy atom. The number of aryl methyl sites for hydroxylation is 3. The van der Waals surface area contributed by atoms with Crippen LogP contribution in [0.2, 0.25) is 0 Å². The second-order valence-electron chi connectivity index (χ2n) is 7.73. The predicted octanol–water partition coefficient (Wildman–Crippen LogP) is 3.88. The Morgan fingerprint density at radius 2 is 1.87 bits per heavy atom. The van der Waals surface area contributed by atoms with Crippen molar-refractivity contribution in [2.45, 2.75) is 46.2 Å². The normalized spacial score (nSPS) is 11.7. The van der Waals surface area contributed by atoms with Crippen LogP contribution in [0.25, 0.3) is 0 Å². The summed E-state index contributed by atoms with van der Waals surface area (Å²) < 4.78 is 14.8. The number of anilines is 2. The number of carbonyl (C=O) groups is 1. The first-order chi connectivity index (χ1) is 14.8. The molecule has 3 rings (SSSR count). The molecule has 1 amide bonds. The van der Waals surface area contributed by atoms with Crippen molar-refractivity contribution < 1.29 is 9.18 Å². The zero-order chi connectivity index (χ0) is 22.4. The zero-order valence-corrected chi connectivity index (χ0v) is 18.0. The number of hydrogen-bond donors (Lipinski definition) is 2. The van der Waals surface area contributed by atoms with Crippen molar-refractivity contribution >= 4 is 17.5 Å². The van der Waals surface area contributed by atoms with Gasteiger partial charge in [0.1, 0.15) is 12.4 Å². The molecular formula is C24H27FN4O2. The quantitative estimate of drug-likeness (QED) is 0.578. The van der Waals surface area contributed by atoms with Gasteiger partial charge in [-0.25, -0.2) is 9.37 Å². The molecule has 0 spiro atoms. The number of amides is 1. The lowest BCUT2D eigenvalue weighted by atomic mass is 10.1. The molecular weight excluding hydrogens is 395 g/mol. The van der Waals surface area contributed by atoms with Gasteiger partial charge < -0.3 is 10.6 Å². The maximum Gasteiger partial charge on any atom is 0.255 e. The minimum absolute atomic E-state index is 0.0435. The summed E-state index contributed by atoms with van der Waals surface area (Å²) in [6.45, 7) is 5.14. The third-order valence-corrected chi connectivity index (χ3v) is 4.97. The topological polar surface area (TPSA) is 76.0 Å². The number of hydrogen-bond acceptors (Lipinski definition) is 4. The van der Waals surface area contributed by atoms with Crippen molar-refractivity contribution in [3.05, 3.63) is 87.6 Å². The molecule has 162 valence electrons. The van der Waals surface area contributed by atoms with Crippen molar-refractivity contribution in [2.75, 3.05) is 5.32 Å². The minimum atomic E-state index is -0.332. The van der Waals surface area contributed by atoms with Gasteiger partial charge in [-0.3, -0.25) is 14.2 Å². The van der Waals surface area contributed by atoms with Crippen LogP contribution in [0.5, 0.6) is 0 Å². The lowest BCUT2D eigenvalue weighted by Crippen LogP contribution is -2.38. The lowest BCUT2D eigenvalue weighted by Gasteiger charge is -2.17. The molecule has 0 fully saturated rings. The summed E-state index contributed by atoms with van der Waals surface area (Å²) in [7, 11) is 0. The number of benzene rings is 2. The van der Waals surface area contributed by atoms with Gasteiger partial charge in [-0.2, -0.15) is 0 Å². The van der Waals surface area contributed by atoms with Gasteiger partial charge in [-0.05, 0) is 62.9 Å².